The third-order valence-electron chi connectivity index (χ3n) is 3.49. The highest BCUT2D eigenvalue weighted by atomic mass is 35.5. The number of aryl methyl sites for hydroxylation is 1. The Labute approximate surface area is 140 Å². The fraction of sp³-hybridized carbons (Fsp3) is 0.714. The van der Waals surface area contributed by atoms with Crippen molar-refractivity contribution in [1.82, 2.24) is 15.1 Å². The molecule has 5 nitrogen and oxygen atoms in total. The molecular formula is C14H24ClF3N4O. The van der Waals surface area contributed by atoms with Gasteiger partial charge in [-0.2, -0.15) is 18.3 Å². The lowest BCUT2D eigenvalue weighted by molar-refractivity contribution is -0.143. The molecule has 134 valence electrons. The van der Waals surface area contributed by atoms with E-state index in [-0.39, 0.29) is 18.3 Å². The molecular weight excluding hydrogens is 333 g/mol. The van der Waals surface area contributed by atoms with Crippen molar-refractivity contribution >= 4 is 18.3 Å². The van der Waals surface area contributed by atoms with Crippen LogP contribution < -0.4 is 11.1 Å². The number of carbonyl (C=O) groups is 1. The van der Waals surface area contributed by atoms with Gasteiger partial charge < -0.3 is 11.1 Å². The molecule has 1 amide bonds. The van der Waals surface area contributed by atoms with Crippen molar-refractivity contribution in [1.29, 1.82) is 0 Å². The molecule has 3 N–H and O–H groups in total. The van der Waals surface area contributed by atoms with Gasteiger partial charge in [0.25, 0.3) is 0 Å². The Morgan fingerprint density at radius 3 is 2.43 bits per heavy atom. The summed E-state index contributed by atoms with van der Waals surface area (Å²) in [6.07, 6.45) is -3.00. The molecule has 0 bridgehead atoms. The molecule has 0 saturated heterocycles. The standard InChI is InChI=1S/C14H23F3N4O.ClH/c1-5-6-11(18)13(22)19-8(2)12-9(3)20-21(10(12)4)7-14(15,16)17;/h8,11H,5-7,18H2,1-4H3,(H,19,22);1H. The first-order valence-electron chi connectivity index (χ1n) is 7.23. The average molecular weight is 357 g/mol. The molecule has 1 aromatic rings. The molecule has 0 aliphatic heterocycles. The summed E-state index contributed by atoms with van der Waals surface area (Å²) in [6, 6.07) is -1.06. The van der Waals surface area contributed by atoms with Gasteiger partial charge in [0.2, 0.25) is 5.91 Å². The number of aromatic nitrogens is 2. The van der Waals surface area contributed by atoms with E-state index in [4.69, 9.17) is 5.73 Å². The summed E-state index contributed by atoms with van der Waals surface area (Å²) < 4.78 is 38.5. The van der Waals surface area contributed by atoms with E-state index in [9.17, 15) is 18.0 Å². The van der Waals surface area contributed by atoms with Crippen LogP contribution in [0.1, 0.15) is 49.7 Å². The van der Waals surface area contributed by atoms with E-state index in [0.29, 0.717) is 23.4 Å². The van der Waals surface area contributed by atoms with E-state index in [1.165, 1.54) is 0 Å². The van der Waals surface area contributed by atoms with Gasteiger partial charge in [0.1, 0.15) is 6.54 Å². The smallest absolute Gasteiger partial charge is 0.348 e. The van der Waals surface area contributed by atoms with Gasteiger partial charge in [0.15, 0.2) is 0 Å². The molecule has 0 aliphatic rings. The molecule has 0 spiro atoms. The Morgan fingerprint density at radius 1 is 1.39 bits per heavy atom. The minimum Gasteiger partial charge on any atom is -0.348 e. The number of halogens is 4. The zero-order chi connectivity index (χ0) is 17.1. The van der Waals surface area contributed by atoms with E-state index in [0.717, 1.165) is 11.1 Å². The van der Waals surface area contributed by atoms with Crippen LogP contribution in [-0.2, 0) is 11.3 Å². The van der Waals surface area contributed by atoms with Crippen LogP contribution in [-0.4, -0.2) is 27.9 Å². The maximum atomic E-state index is 12.5. The Hall–Kier alpha value is -1.28. The van der Waals surface area contributed by atoms with E-state index in [2.05, 4.69) is 10.4 Å². The van der Waals surface area contributed by atoms with E-state index in [1.807, 2.05) is 6.92 Å². The quantitative estimate of drug-likeness (QED) is 0.823. The summed E-state index contributed by atoms with van der Waals surface area (Å²) >= 11 is 0. The van der Waals surface area contributed by atoms with Crippen molar-refractivity contribution in [2.45, 2.75) is 65.3 Å². The monoisotopic (exact) mass is 356 g/mol. The Bertz CT molecular complexity index is 531. The van der Waals surface area contributed by atoms with E-state index >= 15 is 0 Å². The molecule has 23 heavy (non-hydrogen) atoms. The first-order valence-corrected chi connectivity index (χ1v) is 7.23. The van der Waals surface area contributed by atoms with Crippen LogP contribution in [0.4, 0.5) is 13.2 Å². The molecule has 0 saturated carbocycles. The summed E-state index contributed by atoms with van der Waals surface area (Å²) in [5, 5.41) is 6.66. The lowest BCUT2D eigenvalue weighted by Crippen LogP contribution is -2.41. The molecule has 0 aliphatic carbocycles. The van der Waals surface area contributed by atoms with Crippen molar-refractivity contribution in [2.75, 3.05) is 0 Å². The molecule has 1 aromatic heterocycles. The number of nitrogens with one attached hydrogen (secondary N) is 1. The van der Waals surface area contributed by atoms with Crippen molar-refractivity contribution in [3.63, 3.8) is 0 Å². The Kier molecular flexibility index (Phi) is 8.06. The summed E-state index contributed by atoms with van der Waals surface area (Å²) in [4.78, 5) is 11.9. The number of hydrogen-bond acceptors (Lipinski definition) is 3. The zero-order valence-corrected chi connectivity index (χ0v) is 14.5. The third kappa shape index (κ3) is 6.02. The SMILES string of the molecule is CCCC(N)C(=O)NC(C)c1c(C)nn(CC(F)(F)F)c1C.Cl. The molecule has 1 rings (SSSR count). The lowest BCUT2D eigenvalue weighted by Gasteiger charge is -2.18. The third-order valence-corrected chi connectivity index (χ3v) is 3.49. The Balaban J connectivity index is 0.00000484. The average Bonchev–Trinajstić information content (AvgIpc) is 2.62. The van der Waals surface area contributed by atoms with Gasteiger partial charge in [-0.25, -0.2) is 0 Å². The number of nitrogens with two attached hydrogens (primary N) is 1. The normalized spacial score (nSPS) is 14.1. The number of carbonyl (C=O) groups excluding carboxylic acids is 1. The summed E-state index contributed by atoms with van der Waals surface area (Å²) in [7, 11) is 0. The first-order chi connectivity index (χ1) is 10.1. The largest absolute Gasteiger partial charge is 0.408 e. The lowest BCUT2D eigenvalue weighted by atomic mass is 10.1. The maximum absolute atomic E-state index is 12.5. The van der Waals surface area contributed by atoms with Gasteiger partial charge in [-0.15, -0.1) is 12.4 Å². The molecule has 2 unspecified atom stereocenters. The molecule has 0 fully saturated rings. The van der Waals surface area contributed by atoms with Gasteiger partial charge >= 0.3 is 6.18 Å². The van der Waals surface area contributed by atoms with Crippen LogP contribution in [0.3, 0.4) is 0 Å². The van der Waals surface area contributed by atoms with Crippen LogP contribution in [0.25, 0.3) is 0 Å². The molecule has 9 heteroatoms. The second-order valence-electron chi connectivity index (χ2n) is 5.48. The molecule has 0 aromatic carbocycles. The molecule has 1 heterocycles. The Morgan fingerprint density at radius 2 is 1.96 bits per heavy atom. The van der Waals surface area contributed by atoms with Crippen LogP contribution in [0.5, 0.6) is 0 Å². The fourth-order valence-corrected chi connectivity index (χ4v) is 2.50. The van der Waals surface area contributed by atoms with Crippen molar-refractivity contribution < 1.29 is 18.0 Å². The second kappa shape index (κ2) is 8.54. The van der Waals surface area contributed by atoms with Crippen molar-refractivity contribution in [2.24, 2.45) is 5.73 Å². The summed E-state index contributed by atoms with van der Waals surface area (Å²) in [5.41, 5.74) is 7.20. The number of nitrogens with zero attached hydrogens (tertiary/aromatic N) is 2. The predicted molar refractivity (Wildman–Crippen MR) is 84.4 cm³/mol. The predicted octanol–water partition coefficient (Wildman–Crippen LogP) is 2.79. The maximum Gasteiger partial charge on any atom is 0.408 e. The van der Waals surface area contributed by atoms with E-state index < -0.39 is 24.8 Å². The summed E-state index contributed by atoms with van der Waals surface area (Å²) in [6.45, 7) is 5.69. The van der Waals surface area contributed by atoms with E-state index in [1.54, 1.807) is 20.8 Å². The van der Waals surface area contributed by atoms with Gasteiger partial charge in [-0.05, 0) is 27.2 Å². The van der Waals surface area contributed by atoms with Gasteiger partial charge in [-0.3, -0.25) is 9.48 Å². The number of hydrogen-bond donors (Lipinski definition) is 2. The number of amides is 1. The molecule has 2 atom stereocenters. The minimum atomic E-state index is -4.34. The highest BCUT2D eigenvalue weighted by Crippen LogP contribution is 2.25. The van der Waals surface area contributed by atoms with Gasteiger partial charge in [-0.1, -0.05) is 13.3 Å². The number of rotatable bonds is 6. The molecule has 0 radical (unpaired) electrons. The van der Waals surface area contributed by atoms with Gasteiger partial charge in [0.05, 0.1) is 17.8 Å². The second-order valence-corrected chi connectivity index (χ2v) is 5.48. The highest BCUT2D eigenvalue weighted by molar-refractivity contribution is 5.85. The van der Waals surface area contributed by atoms with Crippen LogP contribution in [0.15, 0.2) is 0 Å². The minimum absolute atomic E-state index is 0. The number of alkyl halides is 3. The van der Waals surface area contributed by atoms with Crippen molar-refractivity contribution in [3.05, 3.63) is 17.0 Å². The van der Waals surface area contributed by atoms with Crippen LogP contribution >= 0.6 is 12.4 Å². The van der Waals surface area contributed by atoms with Gasteiger partial charge in [0, 0.05) is 11.3 Å². The zero-order valence-electron chi connectivity index (χ0n) is 13.7. The summed E-state index contributed by atoms with van der Waals surface area (Å²) in [5.74, 6) is -0.309. The highest BCUT2D eigenvalue weighted by Gasteiger charge is 2.31. The fourth-order valence-electron chi connectivity index (χ4n) is 2.50. The topological polar surface area (TPSA) is 72.9 Å². The van der Waals surface area contributed by atoms with Crippen molar-refractivity contribution in [3.8, 4) is 0 Å². The van der Waals surface area contributed by atoms with Crippen LogP contribution in [0, 0.1) is 13.8 Å². The van der Waals surface area contributed by atoms with Crippen LogP contribution in [0.2, 0.25) is 0 Å². The first kappa shape index (κ1) is 21.7.